The summed E-state index contributed by atoms with van der Waals surface area (Å²) in [6, 6.07) is 23.1. The van der Waals surface area contributed by atoms with Gasteiger partial charge in [0.05, 0.1) is 10.4 Å². The van der Waals surface area contributed by atoms with E-state index >= 15 is 0 Å². The predicted molar refractivity (Wildman–Crippen MR) is 102 cm³/mol. The number of aromatic nitrogens is 1. The summed E-state index contributed by atoms with van der Waals surface area (Å²) in [5.41, 5.74) is 2.48. The lowest BCUT2D eigenvalue weighted by atomic mass is 10.0. The van der Waals surface area contributed by atoms with E-state index in [4.69, 9.17) is 0 Å². The van der Waals surface area contributed by atoms with Crippen molar-refractivity contribution in [3.05, 3.63) is 96.2 Å². The maximum Gasteiger partial charge on any atom is 0.268 e. The van der Waals surface area contributed by atoms with Crippen LogP contribution in [0.15, 0.2) is 90.0 Å². The SMILES string of the molecule is O=S(=O)(c1ccccc1)n1ccc2cc(Cc3ccccc3O)ccc21. The Hall–Kier alpha value is -3.05. The molecule has 1 heterocycles. The van der Waals surface area contributed by atoms with Crippen LogP contribution in [0.25, 0.3) is 10.9 Å². The number of phenolic OH excluding ortho intramolecular Hbond substituents is 1. The van der Waals surface area contributed by atoms with Crippen molar-refractivity contribution in [2.75, 3.05) is 0 Å². The van der Waals surface area contributed by atoms with Crippen LogP contribution in [0, 0.1) is 0 Å². The molecule has 26 heavy (non-hydrogen) atoms. The predicted octanol–water partition coefficient (Wildman–Crippen LogP) is 4.17. The molecule has 5 heteroatoms. The minimum Gasteiger partial charge on any atom is -0.508 e. The van der Waals surface area contributed by atoms with Crippen molar-refractivity contribution in [3.8, 4) is 5.75 Å². The fourth-order valence-corrected chi connectivity index (χ4v) is 4.45. The summed E-state index contributed by atoms with van der Waals surface area (Å²) in [5, 5.41) is 10.8. The van der Waals surface area contributed by atoms with Gasteiger partial charge in [-0.25, -0.2) is 12.4 Å². The molecule has 0 aliphatic rings. The zero-order valence-corrected chi connectivity index (χ0v) is 14.7. The average Bonchev–Trinajstić information content (AvgIpc) is 3.08. The standard InChI is InChI=1S/C21H17NO3S/c23-21-9-5-4-6-18(21)15-16-10-11-20-17(14-16)12-13-22(20)26(24,25)19-7-2-1-3-8-19/h1-14,23H,15H2. The highest BCUT2D eigenvalue weighted by atomic mass is 32.2. The zero-order valence-electron chi connectivity index (χ0n) is 13.9. The number of aromatic hydroxyl groups is 1. The summed E-state index contributed by atoms with van der Waals surface area (Å²) in [5.74, 6) is 0.261. The lowest BCUT2D eigenvalue weighted by Gasteiger charge is -2.08. The van der Waals surface area contributed by atoms with Gasteiger partial charge in [0.15, 0.2) is 0 Å². The van der Waals surface area contributed by atoms with E-state index in [1.165, 1.54) is 3.97 Å². The zero-order chi connectivity index (χ0) is 18.1. The summed E-state index contributed by atoms with van der Waals surface area (Å²) in [6.07, 6.45) is 2.16. The highest BCUT2D eigenvalue weighted by molar-refractivity contribution is 7.90. The van der Waals surface area contributed by atoms with Crippen LogP contribution in [-0.4, -0.2) is 17.5 Å². The van der Waals surface area contributed by atoms with Crippen molar-refractivity contribution in [1.29, 1.82) is 0 Å². The van der Waals surface area contributed by atoms with Crippen LogP contribution in [0.3, 0.4) is 0 Å². The Morgan fingerprint density at radius 3 is 2.35 bits per heavy atom. The smallest absolute Gasteiger partial charge is 0.268 e. The van der Waals surface area contributed by atoms with Crippen molar-refractivity contribution in [1.82, 2.24) is 3.97 Å². The van der Waals surface area contributed by atoms with Crippen molar-refractivity contribution in [2.24, 2.45) is 0 Å². The molecule has 1 aromatic heterocycles. The second-order valence-electron chi connectivity index (χ2n) is 6.13. The minimum atomic E-state index is -3.62. The van der Waals surface area contributed by atoms with Gasteiger partial charge >= 0.3 is 0 Å². The first kappa shape index (κ1) is 16.4. The molecule has 0 aliphatic carbocycles. The fraction of sp³-hybridized carbons (Fsp3) is 0.0476. The van der Waals surface area contributed by atoms with Crippen LogP contribution in [0.1, 0.15) is 11.1 Å². The number of phenols is 1. The van der Waals surface area contributed by atoms with Gasteiger partial charge in [0.2, 0.25) is 0 Å². The number of nitrogens with zero attached hydrogens (tertiary/aromatic N) is 1. The van der Waals surface area contributed by atoms with Crippen LogP contribution in [0.4, 0.5) is 0 Å². The van der Waals surface area contributed by atoms with E-state index in [0.29, 0.717) is 11.9 Å². The summed E-state index contributed by atoms with van der Waals surface area (Å²) in [7, 11) is -3.62. The van der Waals surface area contributed by atoms with Gasteiger partial charge in [-0.15, -0.1) is 0 Å². The first-order valence-electron chi connectivity index (χ1n) is 8.23. The summed E-state index contributed by atoms with van der Waals surface area (Å²) in [4.78, 5) is 0.260. The van der Waals surface area contributed by atoms with E-state index in [9.17, 15) is 13.5 Å². The summed E-state index contributed by atoms with van der Waals surface area (Å²) >= 11 is 0. The number of hydrogen-bond acceptors (Lipinski definition) is 3. The number of benzene rings is 3. The van der Waals surface area contributed by atoms with Gasteiger partial charge in [0, 0.05) is 18.0 Å². The van der Waals surface area contributed by atoms with Gasteiger partial charge in [0.1, 0.15) is 5.75 Å². The lowest BCUT2D eigenvalue weighted by Crippen LogP contribution is -2.11. The quantitative estimate of drug-likeness (QED) is 0.592. The van der Waals surface area contributed by atoms with Crippen LogP contribution < -0.4 is 0 Å². The fourth-order valence-electron chi connectivity index (χ4n) is 3.07. The van der Waals surface area contributed by atoms with Crippen molar-refractivity contribution < 1.29 is 13.5 Å². The largest absolute Gasteiger partial charge is 0.508 e. The van der Waals surface area contributed by atoms with E-state index in [2.05, 4.69) is 0 Å². The third kappa shape index (κ3) is 2.86. The van der Waals surface area contributed by atoms with Crippen LogP contribution in [0.2, 0.25) is 0 Å². The first-order chi connectivity index (χ1) is 12.6. The highest BCUT2D eigenvalue weighted by Crippen LogP contribution is 2.25. The first-order valence-corrected chi connectivity index (χ1v) is 9.67. The monoisotopic (exact) mass is 363 g/mol. The van der Waals surface area contributed by atoms with Gasteiger partial charge in [-0.05, 0) is 47.5 Å². The Balaban J connectivity index is 1.74. The molecule has 0 saturated heterocycles. The van der Waals surface area contributed by atoms with E-state index in [1.54, 1.807) is 54.7 Å². The average molecular weight is 363 g/mol. The second kappa shape index (κ2) is 6.35. The molecule has 0 atom stereocenters. The lowest BCUT2D eigenvalue weighted by molar-refractivity contribution is 0.469. The molecule has 0 aliphatic heterocycles. The van der Waals surface area contributed by atoms with Crippen molar-refractivity contribution >= 4 is 20.9 Å². The normalized spacial score (nSPS) is 11.7. The van der Waals surface area contributed by atoms with E-state index < -0.39 is 10.0 Å². The summed E-state index contributed by atoms with van der Waals surface area (Å²) < 4.78 is 27.0. The van der Waals surface area contributed by atoms with Crippen molar-refractivity contribution in [2.45, 2.75) is 11.3 Å². The molecule has 3 aromatic carbocycles. The Morgan fingerprint density at radius 1 is 0.846 bits per heavy atom. The number of rotatable bonds is 4. The summed E-state index contributed by atoms with van der Waals surface area (Å²) in [6.45, 7) is 0. The Bertz CT molecular complexity index is 1180. The second-order valence-corrected chi connectivity index (χ2v) is 7.94. The topological polar surface area (TPSA) is 59.3 Å². The molecule has 0 radical (unpaired) electrons. The maximum atomic E-state index is 12.9. The Morgan fingerprint density at radius 2 is 1.58 bits per heavy atom. The minimum absolute atomic E-state index is 0.260. The third-order valence-electron chi connectivity index (χ3n) is 4.41. The van der Waals surface area contributed by atoms with Gasteiger partial charge in [-0.1, -0.05) is 42.5 Å². The third-order valence-corrected chi connectivity index (χ3v) is 6.11. The van der Waals surface area contributed by atoms with E-state index in [-0.39, 0.29) is 10.6 Å². The van der Waals surface area contributed by atoms with E-state index in [1.807, 2.05) is 30.3 Å². The van der Waals surface area contributed by atoms with Crippen LogP contribution in [-0.2, 0) is 16.4 Å². The molecule has 0 amide bonds. The molecule has 130 valence electrons. The molecule has 0 fully saturated rings. The van der Waals surface area contributed by atoms with E-state index in [0.717, 1.165) is 16.5 Å². The molecule has 1 N–H and O–H groups in total. The van der Waals surface area contributed by atoms with Gasteiger partial charge < -0.3 is 5.11 Å². The molecule has 0 unspecified atom stereocenters. The molecule has 4 aromatic rings. The molecule has 0 spiro atoms. The Labute approximate surface area is 152 Å². The van der Waals surface area contributed by atoms with Gasteiger partial charge in [-0.2, -0.15) is 0 Å². The van der Waals surface area contributed by atoms with Crippen molar-refractivity contribution in [3.63, 3.8) is 0 Å². The van der Waals surface area contributed by atoms with Crippen LogP contribution in [0.5, 0.6) is 5.75 Å². The molecule has 0 bridgehead atoms. The molecular weight excluding hydrogens is 346 g/mol. The molecule has 0 saturated carbocycles. The Kier molecular flexibility index (Phi) is 4.01. The molecule has 4 rings (SSSR count). The number of hydrogen-bond donors (Lipinski definition) is 1. The molecular formula is C21H17NO3S. The number of fused-ring (bicyclic) bond motifs is 1. The highest BCUT2D eigenvalue weighted by Gasteiger charge is 2.18. The molecule has 4 nitrogen and oxygen atoms in total. The maximum absolute atomic E-state index is 12.9. The van der Waals surface area contributed by atoms with Crippen LogP contribution >= 0.6 is 0 Å². The van der Waals surface area contributed by atoms with Gasteiger partial charge in [0.25, 0.3) is 10.0 Å². The van der Waals surface area contributed by atoms with Gasteiger partial charge in [-0.3, -0.25) is 0 Å². The number of para-hydroxylation sites is 1.